The van der Waals surface area contributed by atoms with E-state index < -0.39 is 5.92 Å². The smallest absolute Gasteiger partial charge is 0.229 e. The van der Waals surface area contributed by atoms with Gasteiger partial charge in [-0.25, -0.2) is 0 Å². The number of benzene rings is 2. The molecule has 0 bridgehead atoms. The Morgan fingerprint density at radius 2 is 1.96 bits per heavy atom. The Morgan fingerprint density at radius 3 is 2.65 bits per heavy atom. The fourth-order valence-electron chi connectivity index (χ4n) is 2.57. The zero-order chi connectivity index (χ0) is 16.4. The number of nitrogens with one attached hydrogen (secondary N) is 1. The normalized spacial score (nSPS) is 17.3. The number of aromatic hydroxyl groups is 1. The lowest BCUT2D eigenvalue weighted by Gasteiger charge is -2.17. The molecule has 5 nitrogen and oxygen atoms in total. The Morgan fingerprint density at radius 1 is 1.22 bits per heavy atom. The van der Waals surface area contributed by atoms with Crippen LogP contribution in [-0.4, -0.2) is 23.5 Å². The number of nitrogens with zero attached hydrogens (tertiary/aromatic N) is 1. The van der Waals surface area contributed by atoms with Gasteiger partial charge in [-0.1, -0.05) is 17.7 Å². The highest BCUT2D eigenvalue weighted by Crippen LogP contribution is 2.28. The van der Waals surface area contributed by atoms with Crippen molar-refractivity contribution in [1.82, 2.24) is 0 Å². The summed E-state index contributed by atoms with van der Waals surface area (Å²) in [6.07, 6.45) is 0.163. The molecule has 1 aliphatic rings. The van der Waals surface area contributed by atoms with Crippen LogP contribution in [0.5, 0.6) is 5.75 Å². The molecule has 1 fully saturated rings. The van der Waals surface area contributed by atoms with Gasteiger partial charge in [-0.2, -0.15) is 0 Å². The molecule has 0 unspecified atom stereocenters. The van der Waals surface area contributed by atoms with Crippen LogP contribution in [0, 0.1) is 5.92 Å². The maximum atomic E-state index is 12.3. The summed E-state index contributed by atoms with van der Waals surface area (Å²) >= 11 is 5.95. The minimum atomic E-state index is -0.421. The number of phenols is 1. The van der Waals surface area contributed by atoms with Crippen molar-refractivity contribution in [2.24, 2.45) is 5.92 Å². The maximum absolute atomic E-state index is 12.3. The average Bonchev–Trinajstić information content (AvgIpc) is 2.92. The molecule has 2 aromatic carbocycles. The van der Waals surface area contributed by atoms with Gasteiger partial charge < -0.3 is 15.3 Å². The van der Waals surface area contributed by atoms with Crippen molar-refractivity contribution in [3.05, 3.63) is 53.6 Å². The first-order valence-corrected chi connectivity index (χ1v) is 7.56. The molecule has 0 spiro atoms. The number of amides is 2. The summed E-state index contributed by atoms with van der Waals surface area (Å²) in [5.74, 6) is -0.604. The Bertz CT molecular complexity index is 746. The quantitative estimate of drug-likeness (QED) is 0.850. The summed E-state index contributed by atoms with van der Waals surface area (Å²) in [6, 6.07) is 13.2. The van der Waals surface area contributed by atoms with Crippen LogP contribution >= 0.6 is 11.6 Å². The van der Waals surface area contributed by atoms with E-state index in [4.69, 9.17) is 11.6 Å². The lowest BCUT2D eigenvalue weighted by molar-refractivity contribution is -0.122. The van der Waals surface area contributed by atoms with Crippen molar-refractivity contribution in [3.8, 4) is 5.75 Å². The van der Waals surface area contributed by atoms with Crippen LogP contribution in [0.4, 0.5) is 11.4 Å². The summed E-state index contributed by atoms with van der Waals surface area (Å²) in [6.45, 7) is 0.323. The molecule has 3 rings (SSSR count). The van der Waals surface area contributed by atoms with E-state index in [0.29, 0.717) is 22.9 Å². The van der Waals surface area contributed by atoms with Gasteiger partial charge in [0.05, 0.1) is 5.92 Å². The summed E-state index contributed by atoms with van der Waals surface area (Å²) in [5.41, 5.74) is 1.28. The second kappa shape index (κ2) is 6.30. The molecule has 1 atom stereocenters. The first-order valence-electron chi connectivity index (χ1n) is 7.19. The molecule has 1 aliphatic heterocycles. The van der Waals surface area contributed by atoms with Crippen LogP contribution in [0.3, 0.4) is 0 Å². The fourth-order valence-corrected chi connectivity index (χ4v) is 2.75. The average molecular weight is 331 g/mol. The zero-order valence-corrected chi connectivity index (χ0v) is 13.0. The molecule has 0 aliphatic carbocycles. The van der Waals surface area contributed by atoms with Gasteiger partial charge >= 0.3 is 0 Å². The van der Waals surface area contributed by atoms with Crippen molar-refractivity contribution in [2.45, 2.75) is 6.42 Å². The van der Waals surface area contributed by atoms with Gasteiger partial charge in [0, 0.05) is 29.4 Å². The van der Waals surface area contributed by atoms with Gasteiger partial charge in [0.2, 0.25) is 11.8 Å². The van der Waals surface area contributed by atoms with Crippen molar-refractivity contribution < 1.29 is 14.7 Å². The summed E-state index contributed by atoms with van der Waals surface area (Å²) < 4.78 is 0. The van der Waals surface area contributed by atoms with Crippen LogP contribution in [0.1, 0.15) is 6.42 Å². The lowest BCUT2D eigenvalue weighted by atomic mass is 10.1. The van der Waals surface area contributed by atoms with Gasteiger partial charge in [0.25, 0.3) is 0 Å². The minimum absolute atomic E-state index is 0.0990. The minimum Gasteiger partial charge on any atom is -0.508 e. The molecule has 2 aromatic rings. The van der Waals surface area contributed by atoms with E-state index in [2.05, 4.69) is 5.32 Å². The number of hydrogen-bond donors (Lipinski definition) is 2. The first kappa shape index (κ1) is 15.4. The van der Waals surface area contributed by atoms with Crippen LogP contribution in [0.2, 0.25) is 5.02 Å². The van der Waals surface area contributed by atoms with Crippen molar-refractivity contribution in [2.75, 3.05) is 16.8 Å². The molecule has 2 N–H and O–H groups in total. The molecule has 6 heteroatoms. The van der Waals surface area contributed by atoms with Crippen molar-refractivity contribution in [3.63, 3.8) is 0 Å². The highest BCUT2D eigenvalue weighted by molar-refractivity contribution is 6.31. The number of rotatable bonds is 3. The van der Waals surface area contributed by atoms with E-state index >= 15 is 0 Å². The number of hydrogen-bond acceptors (Lipinski definition) is 3. The molecule has 1 saturated heterocycles. The van der Waals surface area contributed by atoms with Gasteiger partial charge in [0.15, 0.2) is 0 Å². The monoisotopic (exact) mass is 330 g/mol. The third-order valence-electron chi connectivity index (χ3n) is 3.75. The Balaban J connectivity index is 1.69. The number of halogens is 1. The third-order valence-corrected chi connectivity index (χ3v) is 3.99. The third kappa shape index (κ3) is 3.46. The SMILES string of the molecule is O=C(Nc1ccc(O)cc1)[C@@H]1CC(=O)N(c2cccc(Cl)c2)C1. The topological polar surface area (TPSA) is 69.6 Å². The van der Waals surface area contributed by atoms with E-state index in [0.717, 1.165) is 0 Å². The predicted octanol–water partition coefficient (Wildman–Crippen LogP) is 3.04. The van der Waals surface area contributed by atoms with Crippen molar-refractivity contribution in [1.29, 1.82) is 0 Å². The lowest BCUT2D eigenvalue weighted by Crippen LogP contribution is -2.28. The Labute approximate surface area is 138 Å². The highest BCUT2D eigenvalue weighted by Gasteiger charge is 2.35. The molecule has 0 radical (unpaired) electrons. The standard InChI is InChI=1S/C17H15ClN2O3/c18-12-2-1-3-14(9-12)20-10-11(8-16(20)22)17(23)19-13-4-6-15(21)7-5-13/h1-7,9,11,21H,8,10H2,(H,19,23)/t11-/m1/s1. The summed E-state index contributed by atoms with van der Waals surface area (Å²) in [4.78, 5) is 26.1. The van der Waals surface area contributed by atoms with E-state index in [1.54, 1.807) is 41.3 Å². The van der Waals surface area contributed by atoms with E-state index in [1.165, 1.54) is 12.1 Å². The molecular weight excluding hydrogens is 316 g/mol. The van der Waals surface area contributed by atoms with Gasteiger partial charge in [0.1, 0.15) is 5.75 Å². The Kier molecular flexibility index (Phi) is 4.21. The summed E-state index contributed by atoms with van der Waals surface area (Å²) in [7, 11) is 0. The van der Waals surface area contributed by atoms with Crippen LogP contribution in [0.25, 0.3) is 0 Å². The molecule has 23 heavy (non-hydrogen) atoms. The maximum Gasteiger partial charge on any atom is 0.229 e. The second-order valence-corrected chi connectivity index (χ2v) is 5.86. The predicted molar refractivity (Wildman–Crippen MR) is 88.6 cm³/mol. The van der Waals surface area contributed by atoms with Crippen LogP contribution in [0.15, 0.2) is 48.5 Å². The van der Waals surface area contributed by atoms with Crippen LogP contribution < -0.4 is 10.2 Å². The van der Waals surface area contributed by atoms with E-state index in [-0.39, 0.29) is 24.0 Å². The molecule has 2 amide bonds. The number of carbonyl (C=O) groups is 2. The van der Waals surface area contributed by atoms with E-state index in [9.17, 15) is 14.7 Å². The number of anilines is 2. The summed E-state index contributed by atoms with van der Waals surface area (Å²) in [5, 5.41) is 12.6. The number of phenolic OH excluding ortho intramolecular Hbond substituents is 1. The van der Waals surface area contributed by atoms with Gasteiger partial charge in [-0.15, -0.1) is 0 Å². The Hall–Kier alpha value is -2.53. The van der Waals surface area contributed by atoms with Gasteiger partial charge in [-0.3, -0.25) is 9.59 Å². The van der Waals surface area contributed by atoms with Crippen molar-refractivity contribution >= 4 is 34.8 Å². The fraction of sp³-hybridized carbons (Fsp3) is 0.176. The molecule has 0 saturated carbocycles. The highest BCUT2D eigenvalue weighted by atomic mass is 35.5. The molecule has 0 aromatic heterocycles. The zero-order valence-electron chi connectivity index (χ0n) is 12.2. The number of carbonyl (C=O) groups excluding carboxylic acids is 2. The van der Waals surface area contributed by atoms with E-state index in [1.807, 2.05) is 0 Å². The second-order valence-electron chi connectivity index (χ2n) is 5.42. The molecular formula is C17H15ClN2O3. The molecule has 118 valence electrons. The largest absolute Gasteiger partial charge is 0.508 e. The molecule has 1 heterocycles. The van der Waals surface area contributed by atoms with Crippen LogP contribution in [-0.2, 0) is 9.59 Å². The first-order chi connectivity index (χ1) is 11.0. The van der Waals surface area contributed by atoms with Gasteiger partial charge in [-0.05, 0) is 42.5 Å².